The minimum atomic E-state index is -4.86. The lowest BCUT2D eigenvalue weighted by Gasteiger charge is -2.26. The van der Waals surface area contributed by atoms with Crippen molar-refractivity contribution in [1.29, 1.82) is 0 Å². The van der Waals surface area contributed by atoms with Gasteiger partial charge >= 0.3 is 6.18 Å². The second-order valence-corrected chi connectivity index (χ2v) is 4.68. The Morgan fingerprint density at radius 2 is 2.05 bits per heavy atom. The van der Waals surface area contributed by atoms with Gasteiger partial charge in [-0.3, -0.25) is 4.79 Å². The van der Waals surface area contributed by atoms with Crippen LogP contribution in [0, 0.1) is 0 Å². The summed E-state index contributed by atoms with van der Waals surface area (Å²) in [5, 5.41) is 2.09. The summed E-state index contributed by atoms with van der Waals surface area (Å²) in [6.07, 6.45) is -3.70. The van der Waals surface area contributed by atoms with Crippen LogP contribution in [0.5, 0.6) is 5.88 Å². The van der Waals surface area contributed by atoms with Crippen LogP contribution in [-0.2, 0) is 4.79 Å². The number of nitrogens with zero attached hydrogens (tertiary/aromatic N) is 1. The smallest absolute Gasteiger partial charge is 0.415 e. The summed E-state index contributed by atoms with van der Waals surface area (Å²) in [5.74, 6) is -1.35. The number of aromatic nitrogens is 1. The van der Waals surface area contributed by atoms with E-state index in [2.05, 4.69) is 10.3 Å². The van der Waals surface area contributed by atoms with Gasteiger partial charge in [-0.25, -0.2) is 4.98 Å². The van der Waals surface area contributed by atoms with Gasteiger partial charge in [0.25, 0.3) is 5.91 Å². The lowest BCUT2D eigenvalue weighted by molar-refractivity contribution is -0.184. The van der Waals surface area contributed by atoms with Crippen molar-refractivity contribution >= 4 is 11.6 Å². The van der Waals surface area contributed by atoms with E-state index < -0.39 is 17.6 Å². The fourth-order valence-electron chi connectivity index (χ4n) is 1.18. The molecular formula is C12H16F3N3O2. The Labute approximate surface area is 114 Å². The zero-order valence-electron chi connectivity index (χ0n) is 11.3. The molecule has 5 nitrogen and oxygen atoms in total. The third-order valence-electron chi connectivity index (χ3n) is 2.43. The van der Waals surface area contributed by atoms with Crippen molar-refractivity contribution in [3.8, 4) is 5.88 Å². The zero-order chi connectivity index (χ0) is 15.6. The number of rotatable bonds is 4. The van der Waals surface area contributed by atoms with E-state index in [1.54, 1.807) is 13.8 Å². The summed E-state index contributed by atoms with van der Waals surface area (Å²) in [6.45, 7) is 4.05. The van der Waals surface area contributed by atoms with Crippen molar-refractivity contribution in [2.24, 2.45) is 5.73 Å². The summed E-state index contributed by atoms with van der Waals surface area (Å²) in [5.41, 5.74) is 2.07. The second-order valence-electron chi connectivity index (χ2n) is 4.68. The van der Waals surface area contributed by atoms with Gasteiger partial charge in [-0.2, -0.15) is 13.2 Å². The largest absolute Gasteiger partial charge is 0.473 e. The maximum atomic E-state index is 12.7. The van der Waals surface area contributed by atoms with Crippen LogP contribution in [0.15, 0.2) is 18.3 Å². The highest BCUT2D eigenvalue weighted by molar-refractivity contribution is 5.99. The molecule has 0 aliphatic carbocycles. The van der Waals surface area contributed by atoms with Gasteiger partial charge in [0.2, 0.25) is 5.88 Å². The molecule has 3 N–H and O–H groups in total. The van der Waals surface area contributed by atoms with E-state index in [0.717, 1.165) is 0 Å². The van der Waals surface area contributed by atoms with Gasteiger partial charge < -0.3 is 15.8 Å². The molecule has 0 aliphatic rings. The standard InChI is InChI=1S/C12H16F3N3O2/c1-7(2)20-9-8(5-4-6-17-9)18-10(19)11(3,16)12(13,14)15/h4-7H,16H2,1-3H3,(H,18,19). The van der Waals surface area contributed by atoms with E-state index >= 15 is 0 Å². The molecule has 1 aromatic rings. The highest BCUT2D eigenvalue weighted by atomic mass is 19.4. The molecular weight excluding hydrogens is 275 g/mol. The third-order valence-corrected chi connectivity index (χ3v) is 2.43. The van der Waals surface area contributed by atoms with Crippen molar-refractivity contribution in [2.45, 2.75) is 38.6 Å². The molecule has 112 valence electrons. The SMILES string of the molecule is CC(C)Oc1ncccc1NC(=O)C(C)(N)C(F)(F)F. The third kappa shape index (κ3) is 3.60. The van der Waals surface area contributed by atoms with Gasteiger partial charge in [0, 0.05) is 6.20 Å². The van der Waals surface area contributed by atoms with Crippen molar-refractivity contribution in [2.75, 3.05) is 5.32 Å². The van der Waals surface area contributed by atoms with E-state index in [-0.39, 0.29) is 17.7 Å². The van der Waals surface area contributed by atoms with Gasteiger partial charge in [0.15, 0.2) is 5.54 Å². The number of carbonyl (C=O) groups excluding carboxylic acids is 1. The number of alkyl halides is 3. The number of nitrogens with one attached hydrogen (secondary N) is 1. The fraction of sp³-hybridized carbons (Fsp3) is 0.500. The molecule has 20 heavy (non-hydrogen) atoms. The van der Waals surface area contributed by atoms with Crippen molar-refractivity contribution in [3.05, 3.63) is 18.3 Å². The van der Waals surface area contributed by atoms with Gasteiger partial charge in [-0.15, -0.1) is 0 Å². The quantitative estimate of drug-likeness (QED) is 0.890. The van der Waals surface area contributed by atoms with Crippen LogP contribution in [0.25, 0.3) is 0 Å². The zero-order valence-corrected chi connectivity index (χ0v) is 11.3. The first-order valence-corrected chi connectivity index (χ1v) is 5.84. The van der Waals surface area contributed by atoms with Crippen molar-refractivity contribution in [1.82, 2.24) is 4.98 Å². The molecule has 0 fully saturated rings. The molecule has 0 saturated carbocycles. The Bertz CT molecular complexity index is 487. The number of hydrogen-bond acceptors (Lipinski definition) is 4. The van der Waals surface area contributed by atoms with Crippen LogP contribution >= 0.6 is 0 Å². The predicted molar refractivity (Wildman–Crippen MR) is 67.3 cm³/mol. The summed E-state index contributed by atoms with van der Waals surface area (Å²) in [4.78, 5) is 15.5. The lowest BCUT2D eigenvalue weighted by atomic mass is 10.0. The summed E-state index contributed by atoms with van der Waals surface area (Å²) in [7, 11) is 0. The molecule has 1 aromatic heterocycles. The average Bonchev–Trinajstić information content (AvgIpc) is 2.29. The minimum absolute atomic E-state index is 0.0344. The van der Waals surface area contributed by atoms with Crippen LogP contribution in [-0.4, -0.2) is 28.7 Å². The molecule has 1 amide bonds. The van der Waals surface area contributed by atoms with Gasteiger partial charge in [0.1, 0.15) is 5.69 Å². The van der Waals surface area contributed by atoms with E-state index in [1.807, 2.05) is 0 Å². The topological polar surface area (TPSA) is 77.2 Å². The van der Waals surface area contributed by atoms with Gasteiger partial charge in [-0.05, 0) is 32.9 Å². The first kappa shape index (κ1) is 16.2. The van der Waals surface area contributed by atoms with Crippen LogP contribution in [0.4, 0.5) is 18.9 Å². The molecule has 8 heteroatoms. The number of carbonyl (C=O) groups is 1. The number of hydrogen-bond donors (Lipinski definition) is 2. The number of amides is 1. The molecule has 0 aromatic carbocycles. The Morgan fingerprint density at radius 3 is 2.55 bits per heavy atom. The van der Waals surface area contributed by atoms with Gasteiger partial charge in [-0.1, -0.05) is 0 Å². The Hall–Kier alpha value is -1.83. The molecule has 0 radical (unpaired) electrons. The maximum absolute atomic E-state index is 12.7. The highest BCUT2D eigenvalue weighted by Gasteiger charge is 2.54. The van der Waals surface area contributed by atoms with Crippen LogP contribution in [0.3, 0.4) is 0 Å². The number of halogens is 3. The van der Waals surface area contributed by atoms with Gasteiger partial charge in [0.05, 0.1) is 6.10 Å². The first-order chi connectivity index (χ1) is 9.05. The van der Waals surface area contributed by atoms with E-state index in [1.165, 1.54) is 18.3 Å². The molecule has 0 bridgehead atoms. The van der Waals surface area contributed by atoms with E-state index in [0.29, 0.717) is 6.92 Å². The number of anilines is 1. The highest BCUT2D eigenvalue weighted by Crippen LogP contribution is 2.30. The summed E-state index contributed by atoms with van der Waals surface area (Å²) in [6, 6.07) is 2.85. The minimum Gasteiger partial charge on any atom is -0.473 e. The molecule has 1 atom stereocenters. The second kappa shape index (κ2) is 5.66. The predicted octanol–water partition coefficient (Wildman–Crippen LogP) is 2.09. The molecule has 0 saturated heterocycles. The lowest BCUT2D eigenvalue weighted by Crippen LogP contribution is -2.59. The van der Waals surface area contributed by atoms with Crippen molar-refractivity contribution in [3.63, 3.8) is 0 Å². The summed E-state index contributed by atoms with van der Waals surface area (Å²) < 4.78 is 43.3. The van der Waals surface area contributed by atoms with Crippen LogP contribution in [0.1, 0.15) is 20.8 Å². The average molecular weight is 291 g/mol. The first-order valence-electron chi connectivity index (χ1n) is 5.84. The normalized spacial score (nSPS) is 14.8. The van der Waals surface area contributed by atoms with Crippen molar-refractivity contribution < 1.29 is 22.7 Å². The Kier molecular flexibility index (Phi) is 4.59. The Balaban J connectivity index is 2.97. The maximum Gasteiger partial charge on any atom is 0.415 e. The fourth-order valence-corrected chi connectivity index (χ4v) is 1.18. The number of pyridine rings is 1. The molecule has 1 unspecified atom stereocenters. The van der Waals surface area contributed by atoms with E-state index in [4.69, 9.17) is 10.5 Å². The van der Waals surface area contributed by atoms with Crippen LogP contribution < -0.4 is 15.8 Å². The van der Waals surface area contributed by atoms with Crippen LogP contribution in [0.2, 0.25) is 0 Å². The molecule has 1 rings (SSSR count). The molecule has 1 heterocycles. The summed E-state index contributed by atoms with van der Waals surface area (Å²) >= 11 is 0. The molecule has 0 aliphatic heterocycles. The number of nitrogens with two attached hydrogens (primary N) is 1. The van der Waals surface area contributed by atoms with E-state index in [9.17, 15) is 18.0 Å². The Morgan fingerprint density at radius 1 is 1.45 bits per heavy atom. The number of ether oxygens (including phenoxy) is 1. The molecule has 0 spiro atoms. The monoisotopic (exact) mass is 291 g/mol.